The summed E-state index contributed by atoms with van der Waals surface area (Å²) in [4.78, 5) is 56.3. The van der Waals surface area contributed by atoms with E-state index in [-0.39, 0.29) is 11.4 Å². The van der Waals surface area contributed by atoms with E-state index in [2.05, 4.69) is 102 Å². The highest BCUT2D eigenvalue weighted by Crippen LogP contribution is 2.31. The van der Waals surface area contributed by atoms with E-state index < -0.39 is 11.9 Å². The van der Waals surface area contributed by atoms with Crippen molar-refractivity contribution in [2.45, 2.75) is 0 Å². The Bertz CT molecular complexity index is 2240. The number of carbonyl (C=O) groups is 2. The van der Waals surface area contributed by atoms with Crippen molar-refractivity contribution in [2.24, 2.45) is 0 Å². The third-order valence-electron chi connectivity index (χ3n) is 6.64. The van der Waals surface area contributed by atoms with Crippen LogP contribution in [0.25, 0.3) is 57.2 Å². The molecule has 48 heavy (non-hydrogen) atoms. The fourth-order valence-corrected chi connectivity index (χ4v) is 5.12. The van der Waals surface area contributed by atoms with Crippen LogP contribution in [0.4, 0.5) is 0 Å². The molecule has 0 aliphatic heterocycles. The Kier molecular flexibility index (Phi) is 7.98. The van der Waals surface area contributed by atoms with Crippen molar-refractivity contribution >= 4 is 55.4 Å². The van der Waals surface area contributed by atoms with Crippen LogP contribution < -0.4 is 0 Å². The summed E-state index contributed by atoms with van der Waals surface area (Å²) < 4.78 is 13.8. The third kappa shape index (κ3) is 5.57. The maximum Gasteiger partial charge on any atom is 0.356 e. The molecular formula is C26H18Br2N16O4. The summed E-state index contributed by atoms with van der Waals surface area (Å²) in [6.07, 6.45) is 9.97. The van der Waals surface area contributed by atoms with Crippen LogP contribution in [0.15, 0.2) is 58.9 Å². The first kappa shape index (κ1) is 30.5. The molecular weight excluding hydrogens is 760 g/mol. The Labute approximate surface area is 283 Å². The van der Waals surface area contributed by atoms with Crippen molar-refractivity contribution in [2.75, 3.05) is 14.2 Å². The molecule has 20 nitrogen and oxygen atoms in total. The molecule has 4 N–H and O–H groups in total. The second-order valence-electron chi connectivity index (χ2n) is 9.42. The number of halogens is 2. The molecule has 0 aliphatic carbocycles. The van der Waals surface area contributed by atoms with E-state index in [9.17, 15) is 9.59 Å². The Balaban J connectivity index is 0.000000152. The number of aromatic amines is 4. The minimum atomic E-state index is -0.536. The monoisotopic (exact) mass is 776 g/mol. The van der Waals surface area contributed by atoms with Crippen LogP contribution in [-0.4, -0.2) is 105 Å². The van der Waals surface area contributed by atoms with Crippen LogP contribution in [0.3, 0.4) is 0 Å². The number of H-pyrrole nitrogens is 4. The number of nitrogens with one attached hydrogen (secondary N) is 4. The normalized spacial score (nSPS) is 11.1. The van der Waals surface area contributed by atoms with Crippen LogP contribution in [-0.2, 0) is 9.47 Å². The number of rotatable bonds is 6. The first-order chi connectivity index (χ1) is 23.3. The second-order valence-corrected chi connectivity index (χ2v) is 10.9. The standard InChI is InChI=1S/2C13H9BrN8O2/c1-24-11(23)7-2-3-22-9(6-4-15-16-5-6)8(18-13(22)17-7)10-19-12(14)21-20-10;1-24-11(23)6-2-3-22-9(7-4-15-5-16-7)8(18-13(22)17-6)10-19-12(14)21-20-10/h2*2-5H,1H3,(H,15,16)(H,19,20,21). The van der Waals surface area contributed by atoms with Crippen LogP contribution in [0.5, 0.6) is 0 Å². The van der Waals surface area contributed by atoms with Gasteiger partial charge in [-0.3, -0.25) is 24.1 Å². The SMILES string of the molecule is COC(=O)c1ccn2c(-c3cn[nH]c3)c(-c3n[nH]c(Br)n3)nc2n1.COC(=O)c1ccn2c(-c3cnc[nH]3)c(-c3n[nH]c(Br)n3)nc2n1. The molecule has 8 aromatic heterocycles. The molecule has 0 saturated carbocycles. The molecule has 8 aromatic rings. The highest BCUT2D eigenvalue weighted by molar-refractivity contribution is 9.10. The fourth-order valence-electron chi connectivity index (χ4n) is 4.61. The Hall–Kier alpha value is -6.16. The van der Waals surface area contributed by atoms with E-state index in [0.717, 1.165) is 5.56 Å². The summed E-state index contributed by atoms with van der Waals surface area (Å²) in [5.41, 5.74) is 4.21. The number of ether oxygens (including phenoxy) is 2. The lowest BCUT2D eigenvalue weighted by molar-refractivity contribution is 0.0585. The number of hydrogen-bond acceptors (Lipinski definition) is 14. The number of hydrogen-bond donors (Lipinski definition) is 4. The van der Waals surface area contributed by atoms with E-state index in [1.807, 2.05) is 0 Å². The zero-order valence-electron chi connectivity index (χ0n) is 24.4. The first-order valence-electron chi connectivity index (χ1n) is 13.4. The number of fused-ring (bicyclic) bond motifs is 2. The van der Waals surface area contributed by atoms with Crippen molar-refractivity contribution in [1.82, 2.24) is 79.3 Å². The molecule has 0 saturated heterocycles. The molecule has 0 atom stereocenters. The van der Waals surface area contributed by atoms with Crippen molar-refractivity contribution in [3.05, 3.63) is 70.3 Å². The summed E-state index contributed by atoms with van der Waals surface area (Å²) in [7, 11) is 2.60. The van der Waals surface area contributed by atoms with E-state index in [1.165, 1.54) is 14.2 Å². The van der Waals surface area contributed by atoms with Gasteiger partial charge in [0.1, 0.15) is 17.1 Å². The van der Waals surface area contributed by atoms with Gasteiger partial charge in [0, 0.05) is 24.2 Å². The predicted molar refractivity (Wildman–Crippen MR) is 170 cm³/mol. The zero-order chi connectivity index (χ0) is 33.4. The molecule has 8 rings (SSSR count). The van der Waals surface area contributed by atoms with Crippen LogP contribution in [0.2, 0.25) is 0 Å². The average molecular weight is 778 g/mol. The van der Waals surface area contributed by atoms with Crippen LogP contribution in [0.1, 0.15) is 21.0 Å². The topological polar surface area (TPSA) is 253 Å². The fraction of sp³-hybridized carbons (Fsp3) is 0.0769. The lowest BCUT2D eigenvalue weighted by atomic mass is 10.2. The van der Waals surface area contributed by atoms with Gasteiger partial charge in [0.2, 0.25) is 23.2 Å². The highest BCUT2D eigenvalue weighted by Gasteiger charge is 2.23. The molecule has 0 unspecified atom stereocenters. The molecule has 0 bridgehead atoms. The molecule has 8 heterocycles. The van der Waals surface area contributed by atoms with Gasteiger partial charge in [0.15, 0.2) is 20.9 Å². The molecule has 22 heteroatoms. The predicted octanol–water partition coefficient (Wildman–Crippen LogP) is 2.91. The van der Waals surface area contributed by atoms with E-state index in [4.69, 9.17) is 9.47 Å². The van der Waals surface area contributed by atoms with Crippen LogP contribution in [0, 0.1) is 0 Å². The van der Waals surface area contributed by atoms with E-state index in [1.54, 1.807) is 58.2 Å². The third-order valence-corrected chi connectivity index (χ3v) is 7.35. The summed E-state index contributed by atoms with van der Waals surface area (Å²) in [6, 6.07) is 3.11. The van der Waals surface area contributed by atoms with Gasteiger partial charge in [0.25, 0.3) is 0 Å². The maximum atomic E-state index is 11.7. The van der Waals surface area contributed by atoms with Gasteiger partial charge in [-0.2, -0.15) is 25.3 Å². The number of aromatic nitrogens is 16. The smallest absolute Gasteiger partial charge is 0.356 e. The number of imidazole rings is 3. The van der Waals surface area contributed by atoms with Crippen LogP contribution >= 0.6 is 31.9 Å². The maximum absolute atomic E-state index is 11.7. The van der Waals surface area contributed by atoms with Gasteiger partial charge in [-0.1, -0.05) is 0 Å². The number of esters is 2. The summed E-state index contributed by atoms with van der Waals surface area (Å²) in [5, 5.41) is 20.4. The van der Waals surface area contributed by atoms with Crippen molar-refractivity contribution in [1.29, 1.82) is 0 Å². The highest BCUT2D eigenvalue weighted by atomic mass is 79.9. The molecule has 0 spiro atoms. The Morgan fingerprint density at radius 3 is 1.77 bits per heavy atom. The van der Waals surface area contributed by atoms with Crippen molar-refractivity contribution < 1.29 is 19.1 Å². The number of nitrogens with zero attached hydrogens (tertiary/aromatic N) is 12. The first-order valence-corrected chi connectivity index (χ1v) is 15.0. The van der Waals surface area contributed by atoms with Gasteiger partial charge in [-0.25, -0.2) is 34.5 Å². The van der Waals surface area contributed by atoms with E-state index in [0.29, 0.717) is 61.1 Å². The number of methoxy groups -OCH3 is 2. The van der Waals surface area contributed by atoms with Gasteiger partial charge >= 0.3 is 11.9 Å². The van der Waals surface area contributed by atoms with Gasteiger partial charge in [0.05, 0.1) is 44.3 Å². The number of carbonyl (C=O) groups excluding carboxylic acids is 2. The van der Waals surface area contributed by atoms with Gasteiger partial charge < -0.3 is 14.5 Å². The van der Waals surface area contributed by atoms with E-state index >= 15 is 0 Å². The summed E-state index contributed by atoms with van der Waals surface area (Å²) in [5.74, 6) is 0.349. The minimum absolute atomic E-state index is 0.161. The lowest BCUT2D eigenvalue weighted by Gasteiger charge is -2.01. The van der Waals surface area contributed by atoms with Gasteiger partial charge in [-0.05, 0) is 44.0 Å². The molecule has 0 fully saturated rings. The lowest BCUT2D eigenvalue weighted by Crippen LogP contribution is -2.05. The van der Waals surface area contributed by atoms with Crippen molar-refractivity contribution in [3.8, 4) is 45.7 Å². The molecule has 0 radical (unpaired) electrons. The molecule has 0 aliphatic rings. The Morgan fingerprint density at radius 1 is 0.750 bits per heavy atom. The minimum Gasteiger partial charge on any atom is -0.464 e. The largest absolute Gasteiger partial charge is 0.464 e. The summed E-state index contributed by atoms with van der Waals surface area (Å²) in [6.45, 7) is 0. The van der Waals surface area contributed by atoms with Gasteiger partial charge in [-0.15, -0.1) is 0 Å². The summed E-state index contributed by atoms with van der Waals surface area (Å²) >= 11 is 6.45. The molecule has 0 amide bonds. The molecule has 240 valence electrons. The average Bonchev–Trinajstić information content (AvgIpc) is 3.95. The quantitative estimate of drug-likeness (QED) is 0.177. The molecule has 0 aromatic carbocycles. The second kappa shape index (κ2) is 12.6. The van der Waals surface area contributed by atoms with Crippen molar-refractivity contribution in [3.63, 3.8) is 0 Å². The zero-order valence-corrected chi connectivity index (χ0v) is 27.5. The Morgan fingerprint density at radius 2 is 1.31 bits per heavy atom.